The Morgan fingerprint density at radius 2 is 1.92 bits per heavy atom. The maximum Gasteiger partial charge on any atom is 0.256 e. The van der Waals surface area contributed by atoms with Gasteiger partial charge in [-0.2, -0.15) is 0 Å². The number of rotatable bonds is 3. The number of thiophene rings is 1. The largest absolute Gasteiger partial charge is 0.355 e. The summed E-state index contributed by atoms with van der Waals surface area (Å²) in [4.78, 5) is 26.1. The highest BCUT2D eigenvalue weighted by Crippen LogP contribution is 2.37. The van der Waals surface area contributed by atoms with E-state index in [0.717, 1.165) is 31.2 Å². The minimum absolute atomic E-state index is 0.143. The normalized spacial score (nSPS) is 13.8. The van der Waals surface area contributed by atoms with E-state index in [9.17, 15) is 9.59 Å². The summed E-state index contributed by atoms with van der Waals surface area (Å²) >= 11 is 7.48. The average molecular weight is 363 g/mol. The van der Waals surface area contributed by atoms with Gasteiger partial charge in [-0.25, -0.2) is 0 Å². The number of nitrogens with one attached hydrogen (secondary N) is 2. The molecule has 0 unspecified atom stereocenters. The van der Waals surface area contributed by atoms with Gasteiger partial charge in [0, 0.05) is 22.5 Å². The van der Waals surface area contributed by atoms with Crippen molar-refractivity contribution in [2.24, 2.45) is 0 Å². The van der Waals surface area contributed by atoms with Gasteiger partial charge in [0.1, 0.15) is 5.00 Å². The molecule has 0 fully saturated rings. The molecule has 0 radical (unpaired) electrons. The molecule has 24 heavy (non-hydrogen) atoms. The van der Waals surface area contributed by atoms with Crippen molar-refractivity contribution in [1.29, 1.82) is 0 Å². The first-order valence-corrected chi connectivity index (χ1v) is 9.23. The Hall–Kier alpha value is -1.85. The number of amides is 2. The highest BCUT2D eigenvalue weighted by Gasteiger charge is 2.25. The molecule has 126 valence electrons. The van der Waals surface area contributed by atoms with E-state index in [1.54, 1.807) is 31.3 Å². The lowest BCUT2D eigenvalue weighted by atomic mass is 10.0. The molecule has 6 heteroatoms. The predicted molar refractivity (Wildman–Crippen MR) is 98.4 cm³/mol. The van der Waals surface area contributed by atoms with E-state index >= 15 is 0 Å². The van der Waals surface area contributed by atoms with Crippen LogP contribution in [0.5, 0.6) is 0 Å². The molecule has 4 nitrogen and oxygen atoms in total. The zero-order valence-electron chi connectivity index (χ0n) is 13.4. The van der Waals surface area contributed by atoms with Gasteiger partial charge in [0.25, 0.3) is 11.8 Å². The maximum absolute atomic E-state index is 12.5. The van der Waals surface area contributed by atoms with Crippen molar-refractivity contribution in [3.63, 3.8) is 0 Å². The summed E-state index contributed by atoms with van der Waals surface area (Å²) in [7, 11) is 1.62. The third-order valence-corrected chi connectivity index (χ3v) is 5.63. The van der Waals surface area contributed by atoms with Gasteiger partial charge in [0.2, 0.25) is 0 Å². The topological polar surface area (TPSA) is 58.2 Å². The summed E-state index contributed by atoms with van der Waals surface area (Å²) in [6.07, 6.45) is 5.25. The van der Waals surface area contributed by atoms with Crippen molar-refractivity contribution >= 4 is 39.8 Å². The van der Waals surface area contributed by atoms with Crippen LogP contribution in [0.15, 0.2) is 24.3 Å². The molecule has 0 saturated carbocycles. The van der Waals surface area contributed by atoms with Crippen molar-refractivity contribution in [1.82, 2.24) is 5.32 Å². The smallest absolute Gasteiger partial charge is 0.256 e. The van der Waals surface area contributed by atoms with Crippen LogP contribution in [-0.2, 0) is 12.8 Å². The van der Waals surface area contributed by atoms with Gasteiger partial charge in [-0.3, -0.25) is 9.59 Å². The highest BCUT2D eigenvalue weighted by atomic mass is 35.5. The van der Waals surface area contributed by atoms with Gasteiger partial charge in [0.05, 0.1) is 5.56 Å². The van der Waals surface area contributed by atoms with Crippen LogP contribution < -0.4 is 10.6 Å². The lowest BCUT2D eigenvalue weighted by molar-refractivity contribution is 0.0963. The first-order chi connectivity index (χ1) is 11.6. The van der Waals surface area contributed by atoms with Crippen LogP contribution in [-0.4, -0.2) is 18.9 Å². The van der Waals surface area contributed by atoms with Gasteiger partial charge >= 0.3 is 0 Å². The fourth-order valence-corrected chi connectivity index (χ4v) is 4.47. The number of benzene rings is 1. The molecule has 0 bridgehead atoms. The van der Waals surface area contributed by atoms with E-state index in [2.05, 4.69) is 10.6 Å². The predicted octanol–water partition coefficient (Wildman–Crippen LogP) is 4.28. The lowest BCUT2D eigenvalue weighted by Crippen LogP contribution is -2.21. The minimum atomic E-state index is -0.251. The highest BCUT2D eigenvalue weighted by molar-refractivity contribution is 7.17. The Bertz CT molecular complexity index is 785. The van der Waals surface area contributed by atoms with Crippen LogP contribution in [0.2, 0.25) is 5.02 Å². The molecule has 2 aromatic rings. The van der Waals surface area contributed by atoms with Gasteiger partial charge < -0.3 is 10.6 Å². The SMILES string of the molecule is CNC(=O)c1c(NC(=O)c2cccc(Cl)c2)sc2c1CCCCC2. The summed E-state index contributed by atoms with van der Waals surface area (Å²) in [5.41, 5.74) is 2.20. The van der Waals surface area contributed by atoms with Gasteiger partial charge in [-0.05, 0) is 49.4 Å². The Labute approximate surface area is 150 Å². The number of hydrogen-bond donors (Lipinski definition) is 2. The number of carbonyl (C=O) groups is 2. The second-order valence-corrected chi connectivity index (χ2v) is 7.35. The Morgan fingerprint density at radius 1 is 1.12 bits per heavy atom. The fraction of sp³-hybridized carbons (Fsp3) is 0.333. The molecular formula is C18H19ClN2O2S. The molecule has 0 saturated heterocycles. The molecule has 1 aliphatic rings. The zero-order chi connectivity index (χ0) is 17.1. The summed E-state index contributed by atoms with van der Waals surface area (Å²) in [6.45, 7) is 0. The molecule has 1 aromatic heterocycles. The third kappa shape index (κ3) is 3.47. The summed E-state index contributed by atoms with van der Waals surface area (Å²) in [5.74, 6) is -0.394. The molecule has 2 amide bonds. The Kier molecular flexibility index (Phi) is 5.21. The first-order valence-electron chi connectivity index (χ1n) is 8.03. The maximum atomic E-state index is 12.5. The summed E-state index contributed by atoms with van der Waals surface area (Å²) in [6, 6.07) is 6.79. The van der Waals surface area contributed by atoms with Crippen LogP contribution >= 0.6 is 22.9 Å². The first kappa shape index (κ1) is 17.0. The quantitative estimate of drug-likeness (QED) is 0.800. The lowest BCUT2D eigenvalue weighted by Gasteiger charge is -2.08. The van der Waals surface area contributed by atoms with Crippen molar-refractivity contribution in [2.75, 3.05) is 12.4 Å². The van der Waals surface area contributed by atoms with Crippen LogP contribution in [0, 0.1) is 0 Å². The van der Waals surface area contributed by atoms with E-state index in [1.807, 2.05) is 0 Å². The standard InChI is InChI=1S/C18H19ClN2O2S/c1-20-17(23)15-13-8-3-2-4-9-14(13)24-18(15)21-16(22)11-6-5-7-12(19)10-11/h5-7,10H,2-4,8-9H2,1H3,(H,20,23)(H,21,22). The van der Waals surface area contributed by atoms with E-state index in [1.165, 1.54) is 22.6 Å². The third-order valence-electron chi connectivity index (χ3n) is 4.19. The number of carbonyl (C=O) groups excluding carboxylic acids is 2. The Morgan fingerprint density at radius 3 is 2.67 bits per heavy atom. The van der Waals surface area contributed by atoms with E-state index in [-0.39, 0.29) is 11.8 Å². The summed E-state index contributed by atoms with van der Waals surface area (Å²) < 4.78 is 0. The minimum Gasteiger partial charge on any atom is -0.355 e. The second-order valence-electron chi connectivity index (χ2n) is 5.81. The van der Waals surface area contributed by atoms with Crippen LogP contribution in [0.25, 0.3) is 0 Å². The number of aryl methyl sites for hydroxylation is 1. The van der Waals surface area contributed by atoms with Crippen molar-refractivity contribution < 1.29 is 9.59 Å². The number of hydrogen-bond acceptors (Lipinski definition) is 3. The monoisotopic (exact) mass is 362 g/mol. The van der Waals surface area contributed by atoms with E-state index in [0.29, 0.717) is 21.2 Å². The average Bonchev–Trinajstić information content (AvgIpc) is 2.75. The van der Waals surface area contributed by atoms with Crippen LogP contribution in [0.3, 0.4) is 0 Å². The molecule has 2 N–H and O–H groups in total. The van der Waals surface area contributed by atoms with Crippen molar-refractivity contribution in [3.8, 4) is 0 Å². The van der Waals surface area contributed by atoms with E-state index < -0.39 is 0 Å². The van der Waals surface area contributed by atoms with E-state index in [4.69, 9.17) is 11.6 Å². The molecule has 1 aromatic carbocycles. The van der Waals surface area contributed by atoms with Crippen molar-refractivity contribution in [2.45, 2.75) is 32.1 Å². The summed E-state index contributed by atoms with van der Waals surface area (Å²) in [5, 5.41) is 6.74. The molecule has 1 aliphatic carbocycles. The van der Waals surface area contributed by atoms with Gasteiger partial charge in [0.15, 0.2) is 0 Å². The van der Waals surface area contributed by atoms with Crippen molar-refractivity contribution in [3.05, 3.63) is 50.9 Å². The van der Waals surface area contributed by atoms with Gasteiger partial charge in [-0.15, -0.1) is 11.3 Å². The molecule has 0 atom stereocenters. The van der Waals surface area contributed by atoms with Gasteiger partial charge in [-0.1, -0.05) is 24.1 Å². The van der Waals surface area contributed by atoms with Crippen LogP contribution in [0.4, 0.5) is 5.00 Å². The molecule has 0 aliphatic heterocycles. The number of fused-ring (bicyclic) bond motifs is 1. The fourth-order valence-electron chi connectivity index (χ4n) is 3.00. The number of halogens is 1. The molecular weight excluding hydrogens is 344 g/mol. The van der Waals surface area contributed by atoms with Crippen LogP contribution in [0.1, 0.15) is 50.4 Å². The zero-order valence-corrected chi connectivity index (χ0v) is 15.0. The molecule has 0 spiro atoms. The number of anilines is 1. The molecule has 1 heterocycles. The molecule has 3 rings (SSSR count). The Balaban J connectivity index is 1.95. The second kappa shape index (κ2) is 7.36.